The van der Waals surface area contributed by atoms with E-state index >= 15 is 0 Å². The minimum Gasteiger partial charge on any atom is -0.507 e. The molecular weight excluding hydrogens is 766 g/mol. The first-order chi connectivity index (χ1) is 28.0. The van der Waals surface area contributed by atoms with Crippen LogP contribution in [0.4, 0.5) is 0 Å². The second-order valence-electron chi connectivity index (χ2n) is 14.1. The van der Waals surface area contributed by atoms with Crippen LogP contribution in [-0.4, -0.2) is 92.6 Å². The summed E-state index contributed by atoms with van der Waals surface area (Å²) in [4.78, 5) is 45.6. The topological polar surface area (TPSA) is 306 Å². The van der Waals surface area contributed by atoms with Gasteiger partial charge in [-0.2, -0.15) is 0 Å². The van der Waals surface area contributed by atoms with E-state index in [9.17, 15) is 39.9 Å². The molecule has 0 radical (unpaired) electrons. The number of rotatable bonds is 13. The average Bonchev–Trinajstić information content (AvgIpc) is 3.19. The number of hydrogen-bond acceptors (Lipinski definition) is 15. The third kappa shape index (κ3) is 8.73. The largest absolute Gasteiger partial charge is 0.507 e. The Kier molecular flexibility index (Phi) is 12.6. The molecule has 13 N–H and O–H groups in total. The van der Waals surface area contributed by atoms with Crippen LogP contribution in [0.25, 0.3) is 12.2 Å². The van der Waals surface area contributed by atoms with Crippen molar-refractivity contribution in [2.45, 2.75) is 63.4 Å². The summed E-state index contributed by atoms with van der Waals surface area (Å²) in [6.07, 6.45) is -4.58. The molecule has 0 unspecified atom stereocenters. The van der Waals surface area contributed by atoms with E-state index in [0.29, 0.717) is 16.7 Å². The zero-order valence-electron chi connectivity index (χ0n) is 32.1. The van der Waals surface area contributed by atoms with Crippen LogP contribution in [0.1, 0.15) is 85.2 Å². The Morgan fingerprint density at radius 2 is 1.69 bits per heavy atom. The zero-order valence-corrected chi connectivity index (χ0v) is 32.1. The normalized spacial score (nSPS) is 19.7. The van der Waals surface area contributed by atoms with Gasteiger partial charge in [0.1, 0.15) is 23.4 Å². The van der Waals surface area contributed by atoms with Crippen molar-refractivity contribution < 1.29 is 58.9 Å². The number of ether oxygens (including phenoxy) is 4. The smallest absolute Gasteiger partial charge is 0.308 e. The molecule has 4 aromatic carbocycles. The summed E-state index contributed by atoms with van der Waals surface area (Å²) in [5, 5.41) is 55.7. The van der Waals surface area contributed by atoms with Crippen LogP contribution in [0.2, 0.25) is 0 Å². The quantitative estimate of drug-likeness (QED) is 0.0153. The summed E-state index contributed by atoms with van der Waals surface area (Å²) in [6.45, 7) is 1.34. The number of phenolic OH excluding ortho intramolecular Hbond substituents is 1. The maximum absolute atomic E-state index is 14.9. The molecule has 17 heteroatoms. The number of aromatic hydroxyl groups is 1. The number of nitrogens with zero attached hydrogens (tertiary/aromatic N) is 1. The van der Waals surface area contributed by atoms with Gasteiger partial charge in [-0.3, -0.25) is 19.4 Å². The predicted molar refractivity (Wildman–Crippen MR) is 213 cm³/mol. The van der Waals surface area contributed by atoms with Gasteiger partial charge in [-0.1, -0.05) is 60.7 Å². The molecule has 0 saturated carbocycles. The fraction of sp³-hybridized carbons (Fsp3) is 0.286. The fourth-order valence-electron chi connectivity index (χ4n) is 7.08. The summed E-state index contributed by atoms with van der Waals surface area (Å²) in [7, 11) is 0. The molecule has 1 aliphatic carbocycles. The molecule has 1 saturated heterocycles. The summed E-state index contributed by atoms with van der Waals surface area (Å²) in [6, 6.07) is 18.2. The second kappa shape index (κ2) is 17.5. The molecule has 17 nitrogen and oxygen atoms in total. The number of hydrogen-bond donors (Lipinski definition) is 9. The van der Waals surface area contributed by atoms with E-state index in [2.05, 4.69) is 4.99 Å². The van der Waals surface area contributed by atoms with E-state index in [-0.39, 0.29) is 70.4 Å². The van der Waals surface area contributed by atoms with Crippen LogP contribution in [-0.2, 0) is 27.3 Å². The molecule has 4 aromatic rings. The van der Waals surface area contributed by atoms with Gasteiger partial charge in [-0.05, 0) is 47.4 Å². The van der Waals surface area contributed by atoms with Gasteiger partial charge < -0.3 is 67.4 Å². The number of carbonyl (C=O) groups is 3. The third-order valence-corrected chi connectivity index (χ3v) is 9.91. The Hall–Kier alpha value is -6.02. The number of aliphatic imine (C=N–C) groups is 1. The molecule has 0 spiro atoms. The molecule has 2 aliphatic rings. The van der Waals surface area contributed by atoms with Crippen LogP contribution in [0.15, 0.2) is 71.7 Å². The number of phenols is 1. The van der Waals surface area contributed by atoms with E-state index in [4.69, 9.17) is 41.9 Å². The Morgan fingerprint density at radius 3 is 2.36 bits per heavy atom. The molecule has 1 heterocycles. The maximum atomic E-state index is 14.9. The lowest BCUT2D eigenvalue weighted by Crippen LogP contribution is -2.67. The van der Waals surface area contributed by atoms with Crippen molar-refractivity contribution >= 4 is 35.6 Å². The first-order valence-corrected chi connectivity index (χ1v) is 18.5. The predicted octanol–water partition coefficient (Wildman–Crippen LogP) is 1.09. The van der Waals surface area contributed by atoms with Crippen molar-refractivity contribution in [2.75, 3.05) is 13.2 Å². The van der Waals surface area contributed by atoms with Crippen molar-refractivity contribution in [3.05, 3.63) is 122 Å². The van der Waals surface area contributed by atoms with E-state index < -0.39 is 72.0 Å². The Balaban J connectivity index is 1.55. The minimum absolute atomic E-state index is 0.0410. The number of nitrogens with two attached hydrogens (primary N) is 4. The molecule has 1 fully saturated rings. The summed E-state index contributed by atoms with van der Waals surface area (Å²) in [5.41, 5.74) is 23.2. The lowest BCUT2D eigenvalue weighted by atomic mass is 9.77. The van der Waals surface area contributed by atoms with Crippen LogP contribution >= 0.6 is 0 Å². The van der Waals surface area contributed by atoms with E-state index in [1.807, 2.05) is 6.07 Å². The van der Waals surface area contributed by atoms with Gasteiger partial charge in [0.15, 0.2) is 23.6 Å². The number of aliphatic hydroxyl groups is 4. The number of fused-ring (bicyclic) bond motifs is 2. The molecule has 0 amide bonds. The standard InChI is InChI=1S/C42H45N5O12/c1-20-37(53)42(54,55)38(56-14-13-47-41(45)46)40(57-20)59-30-18-28-33(34(50)27(30)16-23-9-6-10-24(15-23)39(43)44)36(52)31-25(19-48)17-29(58-21(2)49)26(32(31)35(28)51)12-11-22-7-4-3-5-8-22/h3-12,15,17-18,20,37-40,48,50,53-55H,13-14,16,19,43-44H2,1-2H3,(H4,45,46,47)/t20-,37-,38+,40-/m1/s1. The first kappa shape index (κ1) is 42.6. The average molecular weight is 812 g/mol. The Bertz CT molecular complexity index is 2320. The highest BCUT2D eigenvalue weighted by molar-refractivity contribution is 6.31. The lowest BCUT2D eigenvalue weighted by Gasteiger charge is -2.45. The third-order valence-electron chi connectivity index (χ3n) is 9.91. The number of ketones is 2. The number of carbonyl (C=O) groups excluding carboxylic acids is 3. The molecule has 6 rings (SSSR count). The summed E-state index contributed by atoms with van der Waals surface area (Å²) in [5.74, 6) is -6.65. The summed E-state index contributed by atoms with van der Waals surface area (Å²) < 4.78 is 23.4. The first-order valence-electron chi connectivity index (χ1n) is 18.5. The number of aliphatic hydroxyl groups excluding tert-OH is 2. The highest BCUT2D eigenvalue weighted by Gasteiger charge is 2.56. The zero-order chi connectivity index (χ0) is 42.8. The van der Waals surface area contributed by atoms with Crippen molar-refractivity contribution in [3.8, 4) is 17.2 Å². The monoisotopic (exact) mass is 811 g/mol. The van der Waals surface area contributed by atoms with Crippen LogP contribution < -0.4 is 32.4 Å². The molecule has 0 bridgehead atoms. The highest BCUT2D eigenvalue weighted by Crippen LogP contribution is 2.45. The van der Waals surface area contributed by atoms with Crippen LogP contribution in [0.3, 0.4) is 0 Å². The molecule has 59 heavy (non-hydrogen) atoms. The van der Waals surface area contributed by atoms with Gasteiger partial charge in [-0.15, -0.1) is 0 Å². The molecule has 1 aliphatic heterocycles. The summed E-state index contributed by atoms with van der Waals surface area (Å²) >= 11 is 0. The van der Waals surface area contributed by atoms with Gasteiger partial charge in [0, 0.05) is 41.2 Å². The fourth-order valence-corrected chi connectivity index (χ4v) is 7.08. The second-order valence-corrected chi connectivity index (χ2v) is 14.1. The van der Waals surface area contributed by atoms with Crippen molar-refractivity contribution in [1.82, 2.24) is 0 Å². The van der Waals surface area contributed by atoms with Gasteiger partial charge in [0.05, 0.1) is 37.6 Å². The number of benzene rings is 4. The Morgan fingerprint density at radius 1 is 0.966 bits per heavy atom. The molecular formula is C42H45N5O12. The van der Waals surface area contributed by atoms with Gasteiger partial charge in [0.25, 0.3) is 0 Å². The maximum Gasteiger partial charge on any atom is 0.308 e. The SMILES string of the molecule is CC(=O)Oc1cc(CO)c2c(c1C=Cc1ccccc1)C(=O)c1cc(O[C@H]3O[C@H](C)[C@@H](O)C(O)(O)[C@H]3OCCN=C(N)N)c(Cc3cccc(C(N)N)c3)c(O)c1C2=O. The van der Waals surface area contributed by atoms with Crippen molar-refractivity contribution in [3.63, 3.8) is 0 Å². The van der Waals surface area contributed by atoms with Gasteiger partial charge >= 0.3 is 5.97 Å². The molecule has 4 atom stereocenters. The lowest BCUT2D eigenvalue weighted by molar-refractivity contribution is -0.378. The van der Waals surface area contributed by atoms with Crippen LogP contribution in [0.5, 0.6) is 17.2 Å². The van der Waals surface area contributed by atoms with Gasteiger partial charge in [0.2, 0.25) is 12.1 Å². The Labute approximate surface area is 338 Å². The van der Waals surface area contributed by atoms with Crippen molar-refractivity contribution in [1.29, 1.82) is 0 Å². The number of esters is 1. The highest BCUT2D eigenvalue weighted by atomic mass is 16.7. The number of guanidine groups is 1. The molecule has 310 valence electrons. The van der Waals surface area contributed by atoms with E-state index in [1.165, 1.54) is 25.1 Å². The van der Waals surface area contributed by atoms with Crippen molar-refractivity contribution in [2.24, 2.45) is 27.9 Å². The van der Waals surface area contributed by atoms with Crippen LogP contribution in [0, 0.1) is 0 Å². The van der Waals surface area contributed by atoms with E-state index in [1.54, 1.807) is 54.6 Å². The minimum atomic E-state index is -2.97. The van der Waals surface area contributed by atoms with Gasteiger partial charge in [-0.25, -0.2) is 0 Å². The van der Waals surface area contributed by atoms with E-state index in [0.717, 1.165) is 6.92 Å². The molecule has 0 aromatic heterocycles.